The Kier molecular flexibility index (Phi) is 2.10. The smallest absolute Gasteiger partial charge is 0.146 e. The number of halogens is 1. The van der Waals surface area contributed by atoms with E-state index in [1.807, 2.05) is 0 Å². The van der Waals surface area contributed by atoms with Crippen LogP contribution in [0.3, 0.4) is 0 Å². The van der Waals surface area contributed by atoms with Gasteiger partial charge in [-0.1, -0.05) is 6.07 Å². The van der Waals surface area contributed by atoms with E-state index in [9.17, 15) is 4.39 Å². The molecule has 0 bridgehead atoms. The normalized spacial score (nSPS) is 10.1. The average Bonchev–Trinajstić information content (AvgIpc) is 2.23. The quantitative estimate of drug-likeness (QED) is 0.696. The summed E-state index contributed by atoms with van der Waals surface area (Å²) in [6.45, 7) is 0. The molecule has 4 heteroatoms. The summed E-state index contributed by atoms with van der Waals surface area (Å²) in [5.41, 5.74) is 6.99. The molecule has 0 unspecified atom stereocenters. The molecule has 3 nitrogen and oxygen atoms in total. The van der Waals surface area contributed by atoms with Crippen molar-refractivity contribution in [3.63, 3.8) is 0 Å². The molecule has 0 aliphatic rings. The van der Waals surface area contributed by atoms with Gasteiger partial charge in [0.15, 0.2) is 0 Å². The van der Waals surface area contributed by atoms with Gasteiger partial charge in [-0.2, -0.15) is 0 Å². The Bertz CT molecular complexity index is 442. The molecule has 70 valence electrons. The van der Waals surface area contributed by atoms with Crippen LogP contribution >= 0.6 is 0 Å². The summed E-state index contributed by atoms with van der Waals surface area (Å²) in [4.78, 5) is 7.70. The predicted molar refractivity (Wildman–Crippen MR) is 51.8 cm³/mol. The second-order valence-electron chi connectivity index (χ2n) is 2.86. The Morgan fingerprint density at radius 2 is 1.79 bits per heavy atom. The van der Waals surface area contributed by atoms with Crippen LogP contribution in [0.1, 0.15) is 0 Å². The van der Waals surface area contributed by atoms with Crippen LogP contribution < -0.4 is 5.73 Å². The molecule has 0 radical (unpaired) electrons. The van der Waals surface area contributed by atoms with Crippen LogP contribution in [0.5, 0.6) is 0 Å². The number of anilines is 1. The fourth-order valence-electron chi connectivity index (χ4n) is 1.15. The van der Waals surface area contributed by atoms with Crippen LogP contribution in [0, 0.1) is 5.82 Å². The van der Waals surface area contributed by atoms with Gasteiger partial charge in [0.05, 0.1) is 5.69 Å². The van der Waals surface area contributed by atoms with Gasteiger partial charge in [-0.05, 0) is 17.7 Å². The molecular formula is C10H8FN3. The van der Waals surface area contributed by atoms with Crippen molar-refractivity contribution in [2.45, 2.75) is 0 Å². The molecule has 1 aromatic heterocycles. The first kappa shape index (κ1) is 8.62. The van der Waals surface area contributed by atoms with E-state index >= 15 is 0 Å². The molecule has 2 aromatic rings. The number of benzene rings is 1. The van der Waals surface area contributed by atoms with Crippen molar-refractivity contribution in [1.29, 1.82) is 0 Å². The van der Waals surface area contributed by atoms with E-state index in [4.69, 9.17) is 5.73 Å². The minimum atomic E-state index is -0.425. The summed E-state index contributed by atoms with van der Waals surface area (Å²) >= 11 is 0. The molecule has 0 aliphatic heterocycles. The first-order valence-electron chi connectivity index (χ1n) is 4.08. The number of nitrogens with zero attached hydrogens (tertiary/aromatic N) is 2. The van der Waals surface area contributed by atoms with Gasteiger partial charge >= 0.3 is 0 Å². The highest BCUT2D eigenvalue weighted by molar-refractivity contribution is 5.64. The predicted octanol–water partition coefficient (Wildman–Crippen LogP) is 1.86. The van der Waals surface area contributed by atoms with Crippen molar-refractivity contribution in [2.75, 3.05) is 5.73 Å². The largest absolute Gasteiger partial charge is 0.396 e. The molecule has 0 fully saturated rings. The van der Waals surface area contributed by atoms with E-state index in [0.29, 0.717) is 0 Å². The van der Waals surface area contributed by atoms with Gasteiger partial charge in [-0.25, -0.2) is 14.4 Å². The lowest BCUT2D eigenvalue weighted by Crippen LogP contribution is -1.90. The van der Waals surface area contributed by atoms with E-state index < -0.39 is 5.82 Å². The summed E-state index contributed by atoms with van der Waals surface area (Å²) in [5, 5.41) is 0. The molecule has 2 N–H and O–H groups in total. The molecule has 1 heterocycles. The zero-order valence-corrected chi connectivity index (χ0v) is 7.31. The van der Waals surface area contributed by atoms with Crippen LogP contribution in [0.25, 0.3) is 11.1 Å². The highest BCUT2D eigenvalue weighted by Gasteiger charge is 2.02. The van der Waals surface area contributed by atoms with Gasteiger partial charge in [0.1, 0.15) is 12.1 Å². The lowest BCUT2D eigenvalue weighted by atomic mass is 10.1. The van der Waals surface area contributed by atoms with Gasteiger partial charge in [-0.15, -0.1) is 0 Å². The van der Waals surface area contributed by atoms with Gasteiger partial charge in [0.25, 0.3) is 0 Å². The summed E-state index contributed by atoms with van der Waals surface area (Å²) < 4.78 is 13.1. The summed E-state index contributed by atoms with van der Waals surface area (Å²) in [6, 6.07) is 4.63. The van der Waals surface area contributed by atoms with Gasteiger partial charge in [0.2, 0.25) is 0 Å². The van der Waals surface area contributed by atoms with Gasteiger partial charge in [0, 0.05) is 18.0 Å². The lowest BCUT2D eigenvalue weighted by Gasteiger charge is -2.01. The van der Waals surface area contributed by atoms with E-state index in [2.05, 4.69) is 9.97 Å². The van der Waals surface area contributed by atoms with Crippen molar-refractivity contribution >= 4 is 5.69 Å². The van der Waals surface area contributed by atoms with E-state index in [1.165, 1.54) is 18.5 Å². The maximum absolute atomic E-state index is 13.1. The fourth-order valence-corrected chi connectivity index (χ4v) is 1.15. The maximum atomic E-state index is 13.1. The molecule has 0 amide bonds. The number of hydrogen-bond donors (Lipinski definition) is 1. The molecule has 2 rings (SSSR count). The van der Waals surface area contributed by atoms with E-state index in [1.54, 1.807) is 18.5 Å². The molecule has 0 saturated heterocycles. The molecule has 0 aliphatic carbocycles. The van der Waals surface area contributed by atoms with Crippen LogP contribution in [-0.2, 0) is 0 Å². The van der Waals surface area contributed by atoms with E-state index in [0.717, 1.165) is 11.1 Å². The van der Waals surface area contributed by atoms with Crippen LogP contribution in [0.4, 0.5) is 10.1 Å². The molecule has 1 aromatic carbocycles. The maximum Gasteiger partial charge on any atom is 0.146 e. The standard InChI is InChI=1S/C10H8FN3/c11-9-3-7(1-2-10(9)12)8-4-13-6-14-5-8/h1-6H,12H2. The highest BCUT2D eigenvalue weighted by atomic mass is 19.1. The molecule has 0 atom stereocenters. The van der Waals surface area contributed by atoms with Gasteiger partial charge < -0.3 is 5.73 Å². The Labute approximate surface area is 80.4 Å². The number of nitrogens with two attached hydrogens (primary N) is 1. The topological polar surface area (TPSA) is 51.8 Å². The number of rotatable bonds is 1. The minimum Gasteiger partial charge on any atom is -0.396 e. The van der Waals surface area contributed by atoms with Crippen molar-refractivity contribution in [3.05, 3.63) is 42.7 Å². The van der Waals surface area contributed by atoms with Crippen LogP contribution in [0.15, 0.2) is 36.9 Å². The Morgan fingerprint density at radius 1 is 1.07 bits per heavy atom. The van der Waals surface area contributed by atoms with Crippen molar-refractivity contribution < 1.29 is 4.39 Å². The Balaban J connectivity index is 2.48. The van der Waals surface area contributed by atoms with Crippen LogP contribution in [0.2, 0.25) is 0 Å². The zero-order valence-electron chi connectivity index (χ0n) is 7.31. The third-order valence-corrected chi connectivity index (χ3v) is 1.89. The first-order chi connectivity index (χ1) is 6.77. The van der Waals surface area contributed by atoms with Crippen molar-refractivity contribution in [2.24, 2.45) is 0 Å². The fraction of sp³-hybridized carbons (Fsp3) is 0. The molecular weight excluding hydrogens is 181 g/mol. The third-order valence-electron chi connectivity index (χ3n) is 1.89. The summed E-state index contributed by atoms with van der Waals surface area (Å²) in [5.74, 6) is -0.425. The number of nitrogen functional groups attached to an aromatic ring is 1. The van der Waals surface area contributed by atoms with Crippen LogP contribution in [-0.4, -0.2) is 9.97 Å². The lowest BCUT2D eigenvalue weighted by molar-refractivity contribution is 0.633. The SMILES string of the molecule is Nc1ccc(-c2cncnc2)cc1F. The Morgan fingerprint density at radius 3 is 2.43 bits per heavy atom. The first-order valence-corrected chi connectivity index (χ1v) is 4.08. The second-order valence-corrected chi connectivity index (χ2v) is 2.86. The third kappa shape index (κ3) is 1.54. The number of aromatic nitrogens is 2. The highest BCUT2D eigenvalue weighted by Crippen LogP contribution is 2.21. The summed E-state index contributed by atoms with van der Waals surface area (Å²) in [7, 11) is 0. The Hall–Kier alpha value is -1.97. The van der Waals surface area contributed by atoms with Crippen molar-refractivity contribution in [1.82, 2.24) is 9.97 Å². The average molecular weight is 189 g/mol. The van der Waals surface area contributed by atoms with Gasteiger partial charge in [-0.3, -0.25) is 0 Å². The second kappa shape index (κ2) is 3.41. The molecule has 14 heavy (non-hydrogen) atoms. The molecule has 0 spiro atoms. The number of hydrogen-bond acceptors (Lipinski definition) is 3. The van der Waals surface area contributed by atoms with E-state index in [-0.39, 0.29) is 5.69 Å². The molecule has 0 saturated carbocycles. The monoisotopic (exact) mass is 189 g/mol. The summed E-state index contributed by atoms with van der Waals surface area (Å²) in [6.07, 6.45) is 4.67. The minimum absolute atomic E-state index is 0.144. The van der Waals surface area contributed by atoms with Crippen molar-refractivity contribution in [3.8, 4) is 11.1 Å². The zero-order chi connectivity index (χ0) is 9.97.